The largest absolute Gasteiger partial charge is 0.297 e. The van der Waals surface area contributed by atoms with E-state index in [4.69, 9.17) is 0 Å². The maximum absolute atomic E-state index is 12.1. The molecule has 1 aliphatic rings. The average Bonchev–Trinajstić information content (AvgIpc) is 2.95. The normalized spacial score (nSPS) is 15.7. The van der Waals surface area contributed by atoms with Crippen LogP contribution in [-0.4, -0.2) is 39.1 Å². The van der Waals surface area contributed by atoms with Crippen LogP contribution in [0.2, 0.25) is 0 Å². The van der Waals surface area contributed by atoms with Crippen molar-refractivity contribution < 1.29 is 4.79 Å². The first kappa shape index (κ1) is 15.5. The number of likely N-dealkylation sites (tertiary alicyclic amines) is 1. The van der Waals surface area contributed by atoms with Gasteiger partial charge in [-0.1, -0.05) is 17.8 Å². The second-order valence-electron chi connectivity index (χ2n) is 5.18. The zero-order chi connectivity index (χ0) is 15.4. The number of carbonyl (C=O) groups is 1. The number of hydrogen-bond donors (Lipinski definition) is 1. The molecule has 2 aromatic rings. The molecule has 8 heteroatoms. The monoisotopic (exact) mass is 381 g/mol. The Labute approximate surface area is 141 Å². The predicted molar refractivity (Wildman–Crippen MR) is 88.9 cm³/mol. The molecule has 1 aliphatic heterocycles. The third-order valence-corrected chi connectivity index (χ3v) is 4.72. The van der Waals surface area contributed by atoms with Crippen LogP contribution in [0.25, 0.3) is 0 Å². The summed E-state index contributed by atoms with van der Waals surface area (Å²) in [6.07, 6.45) is 6.97. The molecule has 1 amide bonds. The number of anilines is 1. The first-order valence-electron chi connectivity index (χ1n) is 7.17. The van der Waals surface area contributed by atoms with Gasteiger partial charge in [0.25, 0.3) is 5.91 Å². The van der Waals surface area contributed by atoms with Gasteiger partial charge >= 0.3 is 0 Å². The van der Waals surface area contributed by atoms with E-state index in [1.54, 1.807) is 12.3 Å². The zero-order valence-corrected chi connectivity index (χ0v) is 14.4. The molecular formula is C14H16BrN5OS. The van der Waals surface area contributed by atoms with Gasteiger partial charge < -0.3 is 0 Å². The molecular weight excluding hydrogens is 366 g/mol. The Balaban J connectivity index is 1.60. The van der Waals surface area contributed by atoms with Gasteiger partial charge in [-0.3, -0.25) is 20.0 Å². The Kier molecular flexibility index (Phi) is 5.12. The van der Waals surface area contributed by atoms with Crippen LogP contribution in [-0.2, 0) is 6.54 Å². The first-order chi connectivity index (χ1) is 10.7. The molecule has 1 fully saturated rings. The van der Waals surface area contributed by atoms with Gasteiger partial charge in [-0.15, -0.1) is 10.2 Å². The van der Waals surface area contributed by atoms with Crippen molar-refractivity contribution in [2.75, 3.05) is 18.4 Å². The van der Waals surface area contributed by atoms with Crippen molar-refractivity contribution in [3.05, 3.63) is 33.5 Å². The number of carbonyl (C=O) groups excluding carboxylic acids is 1. The Morgan fingerprint density at radius 1 is 1.27 bits per heavy atom. The van der Waals surface area contributed by atoms with E-state index in [0.717, 1.165) is 29.1 Å². The molecule has 116 valence electrons. The number of rotatable bonds is 4. The standard InChI is InChI=1S/C14H16BrN5OS/c15-11-6-10(7-16-8-11)13(21)17-14-19-18-12(22-14)9-20-4-2-1-3-5-20/h6-8H,1-5,9H2,(H,17,19,21). The molecule has 0 radical (unpaired) electrons. The Morgan fingerprint density at radius 3 is 2.86 bits per heavy atom. The summed E-state index contributed by atoms with van der Waals surface area (Å²) in [4.78, 5) is 18.5. The quantitative estimate of drug-likeness (QED) is 0.881. The van der Waals surface area contributed by atoms with E-state index in [1.165, 1.54) is 36.8 Å². The van der Waals surface area contributed by atoms with Gasteiger partial charge in [-0.25, -0.2) is 0 Å². The van der Waals surface area contributed by atoms with E-state index < -0.39 is 0 Å². The van der Waals surface area contributed by atoms with Crippen LogP contribution in [0.1, 0.15) is 34.6 Å². The minimum atomic E-state index is -0.227. The van der Waals surface area contributed by atoms with E-state index in [0.29, 0.717) is 10.7 Å². The van der Waals surface area contributed by atoms with Crippen molar-refractivity contribution in [3.8, 4) is 0 Å². The molecule has 0 saturated carbocycles. The number of nitrogens with one attached hydrogen (secondary N) is 1. The van der Waals surface area contributed by atoms with E-state index in [1.807, 2.05) is 0 Å². The second-order valence-corrected chi connectivity index (χ2v) is 7.16. The molecule has 2 aromatic heterocycles. The van der Waals surface area contributed by atoms with Crippen LogP contribution < -0.4 is 5.32 Å². The van der Waals surface area contributed by atoms with Gasteiger partial charge in [0.05, 0.1) is 12.1 Å². The topological polar surface area (TPSA) is 71.0 Å². The average molecular weight is 382 g/mol. The summed E-state index contributed by atoms with van der Waals surface area (Å²) in [6, 6.07) is 1.72. The van der Waals surface area contributed by atoms with Crippen molar-refractivity contribution in [1.82, 2.24) is 20.1 Å². The highest BCUT2D eigenvalue weighted by Crippen LogP contribution is 2.20. The van der Waals surface area contributed by atoms with Crippen molar-refractivity contribution in [2.45, 2.75) is 25.8 Å². The molecule has 0 bridgehead atoms. The molecule has 3 rings (SSSR count). The maximum atomic E-state index is 12.1. The summed E-state index contributed by atoms with van der Waals surface area (Å²) in [5, 5.41) is 12.4. The molecule has 6 nitrogen and oxygen atoms in total. The van der Waals surface area contributed by atoms with Crippen molar-refractivity contribution >= 4 is 38.3 Å². The predicted octanol–water partition coefficient (Wildman–Crippen LogP) is 2.93. The smallest absolute Gasteiger partial charge is 0.259 e. The highest BCUT2D eigenvalue weighted by Gasteiger charge is 2.15. The van der Waals surface area contributed by atoms with Crippen molar-refractivity contribution in [1.29, 1.82) is 0 Å². The van der Waals surface area contributed by atoms with E-state index in [2.05, 4.69) is 41.3 Å². The third kappa shape index (κ3) is 4.08. The number of pyridine rings is 1. The van der Waals surface area contributed by atoms with Crippen LogP contribution in [0.5, 0.6) is 0 Å². The number of nitrogens with zero attached hydrogens (tertiary/aromatic N) is 4. The first-order valence-corrected chi connectivity index (χ1v) is 8.78. The van der Waals surface area contributed by atoms with Crippen molar-refractivity contribution in [3.63, 3.8) is 0 Å². The fourth-order valence-corrected chi connectivity index (χ4v) is 3.52. The fraction of sp³-hybridized carbons (Fsp3) is 0.429. The van der Waals surface area contributed by atoms with Crippen LogP contribution in [0.15, 0.2) is 22.9 Å². The Morgan fingerprint density at radius 2 is 2.09 bits per heavy atom. The number of piperidine rings is 1. The van der Waals surface area contributed by atoms with Gasteiger partial charge in [0.15, 0.2) is 0 Å². The summed E-state index contributed by atoms with van der Waals surface area (Å²) in [7, 11) is 0. The minimum absolute atomic E-state index is 0.227. The van der Waals surface area contributed by atoms with Gasteiger partial charge in [0.2, 0.25) is 5.13 Å². The lowest BCUT2D eigenvalue weighted by molar-refractivity contribution is 0.102. The molecule has 1 saturated heterocycles. The second kappa shape index (κ2) is 7.26. The van der Waals surface area contributed by atoms with E-state index in [9.17, 15) is 4.79 Å². The Bertz CT molecular complexity index is 656. The SMILES string of the molecule is O=C(Nc1nnc(CN2CCCCC2)s1)c1cncc(Br)c1. The highest BCUT2D eigenvalue weighted by molar-refractivity contribution is 9.10. The molecule has 0 unspecified atom stereocenters. The van der Waals surface area contributed by atoms with Crippen LogP contribution in [0, 0.1) is 0 Å². The van der Waals surface area contributed by atoms with Crippen LogP contribution in [0.4, 0.5) is 5.13 Å². The lowest BCUT2D eigenvalue weighted by Gasteiger charge is -2.24. The fourth-order valence-electron chi connectivity index (χ4n) is 2.38. The summed E-state index contributed by atoms with van der Waals surface area (Å²) in [5.74, 6) is -0.227. The molecule has 1 N–H and O–H groups in total. The number of hydrogen-bond acceptors (Lipinski definition) is 6. The molecule has 0 spiro atoms. The molecule has 22 heavy (non-hydrogen) atoms. The van der Waals surface area contributed by atoms with E-state index >= 15 is 0 Å². The Hall–Kier alpha value is -1.38. The summed E-state index contributed by atoms with van der Waals surface area (Å²) in [5.41, 5.74) is 0.488. The van der Waals surface area contributed by atoms with Crippen LogP contribution >= 0.6 is 27.3 Å². The summed E-state index contributed by atoms with van der Waals surface area (Å²) < 4.78 is 0.767. The summed E-state index contributed by atoms with van der Waals surface area (Å²) in [6.45, 7) is 3.04. The van der Waals surface area contributed by atoms with Crippen LogP contribution in [0.3, 0.4) is 0 Å². The van der Waals surface area contributed by atoms with Gasteiger partial charge in [-0.05, 0) is 47.9 Å². The minimum Gasteiger partial charge on any atom is -0.297 e. The van der Waals surface area contributed by atoms with E-state index in [-0.39, 0.29) is 5.91 Å². The number of halogens is 1. The molecule has 0 aromatic carbocycles. The highest BCUT2D eigenvalue weighted by atomic mass is 79.9. The zero-order valence-electron chi connectivity index (χ0n) is 12.0. The third-order valence-electron chi connectivity index (χ3n) is 3.46. The lowest BCUT2D eigenvalue weighted by atomic mass is 10.1. The van der Waals surface area contributed by atoms with Crippen molar-refractivity contribution in [2.24, 2.45) is 0 Å². The molecule has 0 atom stereocenters. The van der Waals surface area contributed by atoms with Gasteiger partial charge in [-0.2, -0.15) is 0 Å². The molecule has 0 aliphatic carbocycles. The maximum Gasteiger partial charge on any atom is 0.259 e. The number of aromatic nitrogens is 3. The van der Waals surface area contributed by atoms with Gasteiger partial charge in [0, 0.05) is 16.9 Å². The lowest BCUT2D eigenvalue weighted by Crippen LogP contribution is -2.28. The summed E-state index contributed by atoms with van der Waals surface area (Å²) >= 11 is 4.73. The molecule has 3 heterocycles. The number of amides is 1. The van der Waals surface area contributed by atoms with Gasteiger partial charge in [0.1, 0.15) is 5.01 Å².